The molecule has 0 heterocycles. The Hall–Kier alpha value is -3.60. The Balaban J connectivity index is 5.47. The van der Waals surface area contributed by atoms with Gasteiger partial charge in [-0.15, -0.1) is 0 Å². The van der Waals surface area contributed by atoms with Crippen molar-refractivity contribution in [2.45, 2.75) is 62.7 Å². The van der Waals surface area contributed by atoms with Crippen LogP contribution in [0.25, 0.3) is 0 Å². The Kier molecular flexibility index (Phi) is 16.0. The van der Waals surface area contributed by atoms with Crippen molar-refractivity contribution in [2.75, 3.05) is 18.6 Å². The molecule has 0 aromatic heterocycles. The Labute approximate surface area is 217 Å². The van der Waals surface area contributed by atoms with E-state index in [0.29, 0.717) is 12.2 Å². The average Bonchev–Trinajstić information content (AvgIpc) is 2.80. The third-order valence-electron chi connectivity index (χ3n) is 4.82. The van der Waals surface area contributed by atoms with Crippen LogP contribution in [-0.2, 0) is 28.8 Å². The van der Waals surface area contributed by atoms with Crippen LogP contribution < -0.4 is 33.2 Å². The van der Waals surface area contributed by atoms with Gasteiger partial charge in [0.2, 0.25) is 17.7 Å². The molecule has 0 fully saturated rings. The third-order valence-corrected chi connectivity index (χ3v) is 5.47. The second-order valence-corrected chi connectivity index (χ2v) is 8.87. The maximum absolute atomic E-state index is 12.8. The van der Waals surface area contributed by atoms with E-state index in [1.807, 2.05) is 0 Å². The summed E-state index contributed by atoms with van der Waals surface area (Å²) in [4.78, 5) is 75.4. The normalized spacial score (nSPS) is 13.8. The lowest BCUT2D eigenvalue weighted by Crippen LogP contribution is -2.57. The molecule has 0 aromatic rings. The van der Waals surface area contributed by atoms with Gasteiger partial charge in [0.05, 0.1) is 12.5 Å². The van der Waals surface area contributed by atoms with Crippen LogP contribution in [0.1, 0.15) is 38.5 Å². The zero-order valence-corrected chi connectivity index (χ0v) is 21.2. The van der Waals surface area contributed by atoms with Crippen molar-refractivity contribution in [1.29, 1.82) is 0 Å². The van der Waals surface area contributed by atoms with Crippen LogP contribution in [0.5, 0.6) is 0 Å². The smallest absolute Gasteiger partial charge is 0.326 e. The van der Waals surface area contributed by atoms with Gasteiger partial charge in [-0.1, -0.05) is 0 Å². The molecule has 0 aliphatic rings. The zero-order chi connectivity index (χ0) is 28.5. The second-order valence-electron chi connectivity index (χ2n) is 7.89. The summed E-state index contributed by atoms with van der Waals surface area (Å²) in [5.41, 5.74) is 16.2. The van der Waals surface area contributed by atoms with Gasteiger partial charge in [-0.05, 0) is 37.7 Å². The SMILES string of the molecule is CSCCC(NC(=O)C(CC(=O)O)NC(=O)C(CCC(=O)O)NC(=O)C(N)CCCN=C(N)N)C(=O)O. The van der Waals surface area contributed by atoms with E-state index in [0.717, 1.165) is 0 Å². The monoisotopic (exact) mass is 549 g/mol. The molecule has 210 valence electrons. The highest BCUT2D eigenvalue weighted by atomic mass is 32.2. The van der Waals surface area contributed by atoms with Crippen LogP contribution in [0.3, 0.4) is 0 Å². The van der Waals surface area contributed by atoms with Crippen molar-refractivity contribution in [3.8, 4) is 0 Å². The van der Waals surface area contributed by atoms with Gasteiger partial charge in [-0.3, -0.25) is 29.0 Å². The minimum absolute atomic E-state index is 0.0499. The van der Waals surface area contributed by atoms with Gasteiger partial charge in [-0.25, -0.2) is 4.79 Å². The highest BCUT2D eigenvalue weighted by Crippen LogP contribution is 2.06. The van der Waals surface area contributed by atoms with E-state index in [4.69, 9.17) is 27.4 Å². The number of guanidine groups is 1. The molecule has 0 saturated heterocycles. The third kappa shape index (κ3) is 15.2. The molecule has 0 aliphatic carbocycles. The predicted octanol–water partition coefficient (Wildman–Crippen LogP) is -3.00. The van der Waals surface area contributed by atoms with Crippen molar-refractivity contribution in [3.05, 3.63) is 0 Å². The first-order valence-corrected chi connectivity index (χ1v) is 12.5. The van der Waals surface area contributed by atoms with E-state index in [1.165, 1.54) is 11.8 Å². The second kappa shape index (κ2) is 17.8. The fraction of sp³-hybridized carbons (Fsp3) is 0.650. The molecule has 17 heteroatoms. The van der Waals surface area contributed by atoms with Gasteiger partial charge < -0.3 is 48.5 Å². The summed E-state index contributed by atoms with van der Waals surface area (Å²) in [6, 6.07) is -5.59. The fourth-order valence-electron chi connectivity index (χ4n) is 2.89. The number of nitrogens with zero attached hydrogens (tertiary/aromatic N) is 1. The number of aliphatic imine (C=N–C) groups is 1. The molecule has 3 amide bonds. The molecule has 0 saturated carbocycles. The lowest BCUT2D eigenvalue weighted by atomic mass is 10.1. The van der Waals surface area contributed by atoms with E-state index >= 15 is 0 Å². The lowest BCUT2D eigenvalue weighted by molar-refractivity contribution is -0.143. The van der Waals surface area contributed by atoms with Crippen LogP contribution in [0.15, 0.2) is 4.99 Å². The largest absolute Gasteiger partial charge is 0.481 e. The van der Waals surface area contributed by atoms with E-state index in [1.54, 1.807) is 6.26 Å². The number of carbonyl (C=O) groups is 6. The number of amides is 3. The number of hydrogen-bond acceptors (Lipinski definition) is 9. The topological polar surface area (TPSA) is 290 Å². The number of thioether (sulfide) groups is 1. The van der Waals surface area contributed by atoms with Gasteiger partial charge in [-0.2, -0.15) is 11.8 Å². The molecule has 0 aromatic carbocycles. The van der Waals surface area contributed by atoms with Crippen molar-refractivity contribution in [1.82, 2.24) is 16.0 Å². The van der Waals surface area contributed by atoms with Gasteiger partial charge in [0.15, 0.2) is 5.96 Å². The Morgan fingerprint density at radius 2 is 1.38 bits per heavy atom. The first-order chi connectivity index (χ1) is 17.3. The van der Waals surface area contributed by atoms with Crippen LogP contribution in [-0.4, -0.2) is 99.6 Å². The summed E-state index contributed by atoms with van der Waals surface area (Å²) < 4.78 is 0. The molecular weight excluding hydrogens is 514 g/mol. The number of carboxylic acid groups (broad SMARTS) is 3. The minimum Gasteiger partial charge on any atom is -0.481 e. The number of carbonyl (C=O) groups excluding carboxylic acids is 3. The summed E-state index contributed by atoms with van der Waals surface area (Å²) in [6.45, 7) is 0.201. The summed E-state index contributed by atoms with van der Waals surface area (Å²) in [5, 5.41) is 34.1. The Bertz CT molecular complexity index is 852. The first-order valence-electron chi connectivity index (χ1n) is 11.2. The number of nitrogens with one attached hydrogen (secondary N) is 3. The van der Waals surface area contributed by atoms with Gasteiger partial charge in [0.1, 0.15) is 18.1 Å². The molecule has 16 nitrogen and oxygen atoms in total. The predicted molar refractivity (Wildman–Crippen MR) is 133 cm³/mol. The molecule has 4 unspecified atom stereocenters. The molecule has 0 aliphatic heterocycles. The fourth-order valence-corrected chi connectivity index (χ4v) is 3.36. The minimum atomic E-state index is -1.70. The van der Waals surface area contributed by atoms with Crippen molar-refractivity contribution in [2.24, 2.45) is 22.2 Å². The number of hydrogen-bond donors (Lipinski definition) is 9. The molecule has 0 spiro atoms. The van der Waals surface area contributed by atoms with Gasteiger partial charge >= 0.3 is 17.9 Å². The van der Waals surface area contributed by atoms with Crippen molar-refractivity contribution in [3.63, 3.8) is 0 Å². The number of aliphatic carboxylic acids is 3. The first kappa shape index (κ1) is 33.4. The van der Waals surface area contributed by atoms with Gasteiger partial charge in [0.25, 0.3) is 0 Å². The summed E-state index contributed by atoms with van der Waals surface area (Å²) in [6.07, 6.45) is 0.428. The van der Waals surface area contributed by atoms with E-state index in [9.17, 15) is 33.9 Å². The van der Waals surface area contributed by atoms with E-state index in [-0.39, 0.29) is 31.8 Å². The molecule has 0 radical (unpaired) electrons. The number of nitrogens with two attached hydrogens (primary N) is 3. The molecule has 37 heavy (non-hydrogen) atoms. The lowest BCUT2D eigenvalue weighted by Gasteiger charge is -2.24. The van der Waals surface area contributed by atoms with Crippen LogP contribution in [0, 0.1) is 0 Å². The number of rotatable bonds is 19. The quantitative estimate of drug-likeness (QED) is 0.0441. The van der Waals surface area contributed by atoms with E-state index in [2.05, 4.69) is 20.9 Å². The molecule has 4 atom stereocenters. The van der Waals surface area contributed by atoms with E-state index < -0.39 is 72.6 Å². The van der Waals surface area contributed by atoms with Crippen LogP contribution in [0.4, 0.5) is 0 Å². The van der Waals surface area contributed by atoms with Crippen molar-refractivity contribution < 1.29 is 44.1 Å². The Morgan fingerprint density at radius 3 is 1.89 bits per heavy atom. The average molecular weight is 550 g/mol. The number of carboxylic acids is 3. The van der Waals surface area contributed by atoms with Gasteiger partial charge in [0, 0.05) is 13.0 Å². The summed E-state index contributed by atoms with van der Waals surface area (Å²) in [5.74, 6) is -6.73. The standard InChI is InChI=1S/C20H35N7O9S/c1-37-8-6-12(19(35)36)26-18(34)13(9-15(30)31)27-17(33)11(4-5-14(28)29)25-16(32)10(21)3-2-7-24-20(22)23/h10-13H,2-9,21H2,1H3,(H,25,32)(H,26,34)(H,27,33)(H,28,29)(H,30,31)(H,35,36)(H4,22,23,24). The Morgan fingerprint density at radius 1 is 0.811 bits per heavy atom. The highest BCUT2D eigenvalue weighted by molar-refractivity contribution is 7.98. The highest BCUT2D eigenvalue weighted by Gasteiger charge is 2.31. The maximum atomic E-state index is 12.8. The van der Waals surface area contributed by atoms with Crippen molar-refractivity contribution >= 4 is 53.4 Å². The molecule has 0 bridgehead atoms. The molecule has 12 N–H and O–H groups in total. The van der Waals surface area contributed by atoms with Crippen LogP contribution >= 0.6 is 11.8 Å². The molecule has 0 rings (SSSR count). The maximum Gasteiger partial charge on any atom is 0.326 e. The van der Waals surface area contributed by atoms with Crippen LogP contribution in [0.2, 0.25) is 0 Å². The summed E-state index contributed by atoms with van der Waals surface area (Å²) in [7, 11) is 0. The zero-order valence-electron chi connectivity index (χ0n) is 20.3. The summed E-state index contributed by atoms with van der Waals surface area (Å²) >= 11 is 1.34. The molecular formula is C20H35N7O9S.